The second-order valence-electron chi connectivity index (χ2n) is 5.72. The van der Waals surface area contributed by atoms with E-state index >= 15 is 0 Å². The number of esters is 1. The molecule has 0 aliphatic rings. The first-order valence-electron chi connectivity index (χ1n) is 8.38. The normalized spacial score (nSPS) is 10.4. The summed E-state index contributed by atoms with van der Waals surface area (Å²) in [5, 5.41) is 7.17. The van der Waals surface area contributed by atoms with E-state index in [1.54, 1.807) is 12.1 Å². The molecule has 0 bridgehead atoms. The Morgan fingerprint density at radius 3 is 2.59 bits per heavy atom. The molecule has 0 saturated heterocycles. The van der Waals surface area contributed by atoms with E-state index in [1.807, 2.05) is 36.4 Å². The molecule has 0 atom stereocenters. The molecule has 3 rings (SSSR count). The van der Waals surface area contributed by atoms with Gasteiger partial charge in [0, 0.05) is 17.6 Å². The fraction of sp³-hybridized carbons (Fsp3) is 0.150. The summed E-state index contributed by atoms with van der Waals surface area (Å²) in [4.78, 5) is 35.4. The molecule has 0 unspecified atom stereocenters. The number of hydrogen-bond donors (Lipinski definition) is 2. The molecule has 7 heteroatoms. The molecule has 2 aromatic carbocycles. The van der Waals surface area contributed by atoms with E-state index in [-0.39, 0.29) is 18.7 Å². The number of carbonyl (C=O) groups excluding carboxylic acids is 3. The Labute approximate surface area is 155 Å². The predicted molar refractivity (Wildman–Crippen MR) is 99.2 cm³/mol. The Hall–Kier alpha value is -3.61. The van der Waals surface area contributed by atoms with Crippen LogP contribution in [0, 0.1) is 0 Å². The minimum atomic E-state index is -0.581. The van der Waals surface area contributed by atoms with Crippen LogP contribution >= 0.6 is 0 Å². The monoisotopic (exact) mass is 366 g/mol. The summed E-state index contributed by atoms with van der Waals surface area (Å²) in [6.45, 7) is -0.308. The quantitative estimate of drug-likeness (QED) is 0.627. The zero-order chi connectivity index (χ0) is 19.1. The molecule has 138 valence electrons. The second kappa shape index (κ2) is 8.66. The number of rotatable bonds is 7. The van der Waals surface area contributed by atoms with Crippen molar-refractivity contribution in [3.05, 3.63) is 66.6 Å². The maximum Gasteiger partial charge on any atom is 0.308 e. The van der Waals surface area contributed by atoms with Gasteiger partial charge in [-0.15, -0.1) is 0 Å². The number of anilines is 1. The number of amides is 2. The van der Waals surface area contributed by atoms with Crippen LogP contribution in [0.5, 0.6) is 0 Å². The first-order chi connectivity index (χ1) is 13.1. The Bertz CT molecular complexity index is 945. The van der Waals surface area contributed by atoms with Crippen molar-refractivity contribution in [3.63, 3.8) is 0 Å². The second-order valence-corrected chi connectivity index (χ2v) is 5.72. The average molecular weight is 366 g/mol. The van der Waals surface area contributed by atoms with Gasteiger partial charge in [0.1, 0.15) is 0 Å². The van der Waals surface area contributed by atoms with Crippen molar-refractivity contribution in [2.24, 2.45) is 0 Å². The summed E-state index contributed by atoms with van der Waals surface area (Å²) in [5.41, 5.74) is 0.653. The molecule has 0 saturated carbocycles. The van der Waals surface area contributed by atoms with Crippen LogP contribution < -0.4 is 10.6 Å². The van der Waals surface area contributed by atoms with Crippen LogP contribution in [0.4, 0.5) is 5.69 Å². The topological polar surface area (TPSA) is 97.6 Å². The first-order valence-corrected chi connectivity index (χ1v) is 8.38. The highest BCUT2D eigenvalue weighted by Crippen LogP contribution is 2.22. The molecule has 0 spiro atoms. The van der Waals surface area contributed by atoms with Gasteiger partial charge in [-0.3, -0.25) is 14.4 Å². The van der Waals surface area contributed by atoms with Gasteiger partial charge in [0.25, 0.3) is 11.8 Å². The summed E-state index contributed by atoms with van der Waals surface area (Å²) in [5.74, 6) is -1.26. The van der Waals surface area contributed by atoms with Crippen molar-refractivity contribution in [3.8, 4) is 0 Å². The third kappa shape index (κ3) is 4.94. The number of fused-ring (bicyclic) bond motifs is 1. The highest BCUT2D eigenvalue weighted by Gasteiger charge is 2.11. The van der Waals surface area contributed by atoms with Gasteiger partial charge in [0.05, 0.1) is 12.7 Å². The van der Waals surface area contributed by atoms with Gasteiger partial charge in [0.15, 0.2) is 12.4 Å². The smallest absolute Gasteiger partial charge is 0.308 e. The number of nitrogens with one attached hydrogen (secondary N) is 2. The van der Waals surface area contributed by atoms with Crippen LogP contribution in [-0.2, 0) is 14.3 Å². The summed E-state index contributed by atoms with van der Waals surface area (Å²) in [7, 11) is 0. The zero-order valence-electron chi connectivity index (χ0n) is 14.4. The molecular weight excluding hydrogens is 348 g/mol. The van der Waals surface area contributed by atoms with Crippen LogP contribution in [0.2, 0.25) is 0 Å². The Morgan fingerprint density at radius 2 is 1.78 bits per heavy atom. The largest absolute Gasteiger partial charge is 0.459 e. The molecule has 0 fully saturated rings. The van der Waals surface area contributed by atoms with E-state index in [2.05, 4.69) is 10.6 Å². The molecule has 7 nitrogen and oxygen atoms in total. The van der Waals surface area contributed by atoms with Crippen molar-refractivity contribution < 1.29 is 23.5 Å². The molecule has 0 aliphatic carbocycles. The van der Waals surface area contributed by atoms with Crippen LogP contribution in [0.3, 0.4) is 0 Å². The van der Waals surface area contributed by atoms with E-state index in [0.29, 0.717) is 5.69 Å². The predicted octanol–water partition coefficient (Wildman–Crippen LogP) is 2.73. The molecular formula is C20H18N2O5. The highest BCUT2D eigenvalue weighted by molar-refractivity contribution is 6.02. The molecule has 3 aromatic rings. The van der Waals surface area contributed by atoms with Crippen LogP contribution in [0.15, 0.2) is 65.3 Å². The van der Waals surface area contributed by atoms with E-state index in [1.165, 1.54) is 12.3 Å². The van der Waals surface area contributed by atoms with E-state index in [0.717, 1.165) is 10.8 Å². The SMILES string of the molecule is O=C(COC(=O)CCNC(=O)c1ccco1)Nc1cccc2ccccc12. The molecule has 0 radical (unpaired) electrons. The fourth-order valence-electron chi connectivity index (χ4n) is 2.51. The van der Waals surface area contributed by atoms with Gasteiger partial charge in [-0.2, -0.15) is 0 Å². The maximum atomic E-state index is 12.0. The minimum absolute atomic E-state index is 0.0476. The summed E-state index contributed by atoms with van der Waals surface area (Å²) in [6, 6.07) is 16.3. The van der Waals surface area contributed by atoms with Gasteiger partial charge < -0.3 is 19.8 Å². The number of hydrogen-bond acceptors (Lipinski definition) is 5. The van der Waals surface area contributed by atoms with Crippen molar-refractivity contribution in [2.45, 2.75) is 6.42 Å². The van der Waals surface area contributed by atoms with Crippen molar-refractivity contribution >= 4 is 34.2 Å². The summed E-state index contributed by atoms with van der Waals surface area (Å²) in [6.07, 6.45) is 1.34. The van der Waals surface area contributed by atoms with Crippen LogP contribution in [0.25, 0.3) is 10.8 Å². The minimum Gasteiger partial charge on any atom is -0.459 e. The highest BCUT2D eigenvalue weighted by atomic mass is 16.5. The number of ether oxygens (including phenoxy) is 1. The lowest BCUT2D eigenvalue weighted by atomic mass is 10.1. The first kappa shape index (κ1) is 18.2. The van der Waals surface area contributed by atoms with Gasteiger partial charge in [-0.25, -0.2) is 0 Å². The molecule has 2 amide bonds. The average Bonchev–Trinajstić information content (AvgIpc) is 3.21. The molecule has 27 heavy (non-hydrogen) atoms. The summed E-state index contributed by atoms with van der Waals surface area (Å²) < 4.78 is 9.87. The summed E-state index contributed by atoms with van der Waals surface area (Å²) >= 11 is 0. The number of carbonyl (C=O) groups is 3. The van der Waals surface area contributed by atoms with E-state index in [4.69, 9.17) is 9.15 Å². The zero-order valence-corrected chi connectivity index (χ0v) is 14.4. The van der Waals surface area contributed by atoms with Gasteiger partial charge in [-0.1, -0.05) is 36.4 Å². The van der Waals surface area contributed by atoms with Crippen LogP contribution in [-0.4, -0.2) is 30.9 Å². The third-order valence-corrected chi connectivity index (χ3v) is 3.79. The van der Waals surface area contributed by atoms with Crippen molar-refractivity contribution in [1.29, 1.82) is 0 Å². The fourth-order valence-corrected chi connectivity index (χ4v) is 2.51. The lowest BCUT2D eigenvalue weighted by Gasteiger charge is -2.09. The van der Waals surface area contributed by atoms with Gasteiger partial charge in [0.2, 0.25) is 0 Å². The molecule has 1 aromatic heterocycles. The van der Waals surface area contributed by atoms with Gasteiger partial charge in [-0.05, 0) is 23.6 Å². The molecule has 1 heterocycles. The Morgan fingerprint density at radius 1 is 0.963 bits per heavy atom. The maximum absolute atomic E-state index is 12.0. The number of benzene rings is 2. The van der Waals surface area contributed by atoms with Crippen LogP contribution in [0.1, 0.15) is 17.0 Å². The van der Waals surface area contributed by atoms with Gasteiger partial charge >= 0.3 is 5.97 Å². The lowest BCUT2D eigenvalue weighted by molar-refractivity contribution is -0.147. The molecule has 0 aliphatic heterocycles. The van der Waals surface area contributed by atoms with E-state index in [9.17, 15) is 14.4 Å². The van der Waals surface area contributed by atoms with Crippen molar-refractivity contribution in [1.82, 2.24) is 5.32 Å². The standard InChI is InChI=1S/C20H18N2O5/c23-18(22-16-8-3-6-14-5-1-2-7-15(14)16)13-27-19(24)10-11-21-20(25)17-9-4-12-26-17/h1-9,12H,10-11,13H2,(H,21,25)(H,22,23). The number of furan rings is 1. The lowest BCUT2D eigenvalue weighted by Crippen LogP contribution is -2.27. The van der Waals surface area contributed by atoms with E-state index < -0.39 is 24.4 Å². The Kier molecular flexibility index (Phi) is 5.84. The Balaban J connectivity index is 1.42. The molecule has 2 N–H and O–H groups in total. The van der Waals surface area contributed by atoms with Crippen molar-refractivity contribution in [2.75, 3.05) is 18.5 Å². The third-order valence-electron chi connectivity index (χ3n) is 3.79.